The first-order chi connectivity index (χ1) is 9.11. The molecule has 4 nitrogen and oxygen atoms in total. The average Bonchev–Trinajstić information content (AvgIpc) is 2.70. The molecule has 2 atom stereocenters. The number of rotatable bonds is 5. The van der Waals surface area contributed by atoms with Crippen molar-refractivity contribution in [1.82, 2.24) is 9.78 Å². The molecule has 1 aliphatic carbocycles. The molecular weight excluding hydrogens is 238 g/mol. The van der Waals surface area contributed by atoms with Crippen LogP contribution >= 0.6 is 0 Å². The molecule has 0 aliphatic heterocycles. The summed E-state index contributed by atoms with van der Waals surface area (Å²) in [6.45, 7) is 2.02. The predicted octanol–water partition coefficient (Wildman–Crippen LogP) is 2.19. The fourth-order valence-electron chi connectivity index (χ4n) is 3.39. The van der Waals surface area contributed by atoms with E-state index in [1.807, 2.05) is 18.7 Å². The molecule has 0 aromatic carbocycles. The highest BCUT2D eigenvalue weighted by Gasteiger charge is 2.29. The third-order valence-electron chi connectivity index (χ3n) is 4.35. The Kier molecular flexibility index (Phi) is 4.99. The van der Waals surface area contributed by atoms with Gasteiger partial charge in [0.2, 0.25) is 0 Å². The van der Waals surface area contributed by atoms with E-state index in [-0.39, 0.29) is 12.1 Å². The van der Waals surface area contributed by atoms with Gasteiger partial charge in [-0.05, 0) is 31.7 Å². The largest absolute Gasteiger partial charge is 0.380 e. The van der Waals surface area contributed by atoms with Crippen LogP contribution in [0.1, 0.15) is 43.5 Å². The van der Waals surface area contributed by atoms with Crippen molar-refractivity contribution in [2.45, 2.75) is 57.6 Å². The monoisotopic (exact) mass is 265 g/mol. The van der Waals surface area contributed by atoms with Crippen molar-refractivity contribution in [2.75, 3.05) is 7.11 Å². The van der Waals surface area contributed by atoms with Gasteiger partial charge in [0.25, 0.3) is 0 Å². The highest BCUT2D eigenvalue weighted by atomic mass is 16.5. The van der Waals surface area contributed by atoms with Gasteiger partial charge in [0.1, 0.15) is 0 Å². The Morgan fingerprint density at radius 2 is 2.11 bits per heavy atom. The molecule has 4 heteroatoms. The summed E-state index contributed by atoms with van der Waals surface area (Å²) in [6.07, 6.45) is 7.54. The first-order valence-electron chi connectivity index (χ1n) is 7.39. The van der Waals surface area contributed by atoms with Gasteiger partial charge in [0.05, 0.1) is 11.8 Å². The van der Waals surface area contributed by atoms with E-state index in [9.17, 15) is 0 Å². The summed E-state index contributed by atoms with van der Waals surface area (Å²) in [5.41, 5.74) is 8.65. The third kappa shape index (κ3) is 3.57. The number of methoxy groups -OCH3 is 1. The lowest BCUT2D eigenvalue weighted by Gasteiger charge is -2.33. The van der Waals surface area contributed by atoms with Crippen LogP contribution in [-0.2, 0) is 18.2 Å². The van der Waals surface area contributed by atoms with Gasteiger partial charge in [0.15, 0.2) is 0 Å². The van der Waals surface area contributed by atoms with Crippen LogP contribution < -0.4 is 5.73 Å². The van der Waals surface area contributed by atoms with E-state index in [1.165, 1.54) is 37.8 Å². The highest BCUT2D eigenvalue weighted by molar-refractivity contribution is 5.10. The molecule has 0 saturated heterocycles. The maximum Gasteiger partial charge on any atom is 0.0754 e. The molecule has 1 heterocycles. The molecule has 19 heavy (non-hydrogen) atoms. The molecule has 1 saturated carbocycles. The Balaban J connectivity index is 1.99. The molecule has 2 unspecified atom stereocenters. The van der Waals surface area contributed by atoms with Gasteiger partial charge in [-0.25, -0.2) is 0 Å². The average molecular weight is 265 g/mol. The Hall–Kier alpha value is -0.870. The van der Waals surface area contributed by atoms with Crippen molar-refractivity contribution in [3.63, 3.8) is 0 Å². The highest BCUT2D eigenvalue weighted by Crippen LogP contribution is 2.29. The van der Waals surface area contributed by atoms with Crippen LogP contribution in [0.5, 0.6) is 0 Å². The summed E-state index contributed by atoms with van der Waals surface area (Å²) >= 11 is 0. The second kappa shape index (κ2) is 6.53. The van der Waals surface area contributed by atoms with Gasteiger partial charge in [0, 0.05) is 32.3 Å². The van der Waals surface area contributed by atoms with E-state index >= 15 is 0 Å². The fourth-order valence-corrected chi connectivity index (χ4v) is 3.39. The molecule has 1 aliphatic rings. The van der Waals surface area contributed by atoms with Crippen LogP contribution in [0.4, 0.5) is 0 Å². The lowest BCUT2D eigenvalue weighted by atomic mass is 9.82. The Labute approximate surface area is 116 Å². The van der Waals surface area contributed by atoms with E-state index in [0.717, 1.165) is 12.1 Å². The topological polar surface area (TPSA) is 53.1 Å². The standard InChI is InChI=1S/C15H27N3O/c1-11-9-13(18(2)17-11)10-14(16)15(19-3)12-7-5-4-6-8-12/h9,12,14-15H,4-8,10,16H2,1-3H3. The molecule has 108 valence electrons. The molecule has 0 radical (unpaired) electrons. The fraction of sp³-hybridized carbons (Fsp3) is 0.800. The molecule has 2 N–H and O–H groups in total. The summed E-state index contributed by atoms with van der Waals surface area (Å²) in [5.74, 6) is 0.628. The minimum absolute atomic E-state index is 0.0582. The van der Waals surface area contributed by atoms with Crippen LogP contribution in [0.15, 0.2) is 6.07 Å². The van der Waals surface area contributed by atoms with E-state index in [1.54, 1.807) is 7.11 Å². The Morgan fingerprint density at radius 1 is 1.42 bits per heavy atom. The molecule has 1 aromatic heterocycles. The number of nitrogens with zero attached hydrogens (tertiary/aromatic N) is 2. The van der Waals surface area contributed by atoms with Crippen LogP contribution in [0, 0.1) is 12.8 Å². The molecule has 0 spiro atoms. The maximum absolute atomic E-state index is 6.40. The van der Waals surface area contributed by atoms with Crippen molar-refractivity contribution in [1.29, 1.82) is 0 Å². The van der Waals surface area contributed by atoms with Gasteiger partial charge >= 0.3 is 0 Å². The Morgan fingerprint density at radius 3 is 2.63 bits per heavy atom. The summed E-state index contributed by atoms with van der Waals surface area (Å²) in [6, 6.07) is 2.18. The summed E-state index contributed by atoms with van der Waals surface area (Å²) in [5, 5.41) is 4.38. The minimum Gasteiger partial charge on any atom is -0.380 e. The normalized spacial score (nSPS) is 20.4. The van der Waals surface area contributed by atoms with Crippen molar-refractivity contribution in [3.8, 4) is 0 Å². The lowest BCUT2D eigenvalue weighted by molar-refractivity contribution is 0.0175. The quantitative estimate of drug-likeness (QED) is 0.888. The summed E-state index contributed by atoms with van der Waals surface area (Å²) in [4.78, 5) is 0. The molecular formula is C15H27N3O. The number of ether oxygens (including phenoxy) is 1. The maximum atomic E-state index is 6.40. The van der Waals surface area contributed by atoms with Gasteiger partial charge < -0.3 is 10.5 Å². The van der Waals surface area contributed by atoms with E-state index in [4.69, 9.17) is 10.5 Å². The van der Waals surface area contributed by atoms with Gasteiger partial charge in [-0.1, -0.05) is 19.3 Å². The number of aromatic nitrogens is 2. The van der Waals surface area contributed by atoms with Crippen molar-refractivity contribution in [2.24, 2.45) is 18.7 Å². The number of hydrogen-bond acceptors (Lipinski definition) is 3. The van der Waals surface area contributed by atoms with Crippen molar-refractivity contribution < 1.29 is 4.74 Å². The predicted molar refractivity (Wildman–Crippen MR) is 77.0 cm³/mol. The minimum atomic E-state index is 0.0582. The SMILES string of the molecule is COC(C(N)Cc1cc(C)nn1C)C1CCCCC1. The van der Waals surface area contributed by atoms with E-state index < -0.39 is 0 Å². The van der Waals surface area contributed by atoms with Gasteiger partial charge in [-0.3, -0.25) is 4.68 Å². The summed E-state index contributed by atoms with van der Waals surface area (Å²) in [7, 11) is 3.78. The zero-order chi connectivity index (χ0) is 13.8. The smallest absolute Gasteiger partial charge is 0.0754 e. The van der Waals surface area contributed by atoms with Crippen LogP contribution in [0.2, 0.25) is 0 Å². The molecule has 1 aromatic rings. The van der Waals surface area contributed by atoms with Crippen molar-refractivity contribution >= 4 is 0 Å². The van der Waals surface area contributed by atoms with Crippen LogP contribution in [0.3, 0.4) is 0 Å². The molecule has 0 bridgehead atoms. The Bertz CT molecular complexity index is 396. The van der Waals surface area contributed by atoms with E-state index in [2.05, 4.69) is 11.2 Å². The molecule has 2 rings (SSSR count). The zero-order valence-corrected chi connectivity index (χ0v) is 12.4. The first-order valence-corrected chi connectivity index (χ1v) is 7.39. The second-order valence-electron chi connectivity index (χ2n) is 5.87. The number of hydrogen-bond donors (Lipinski definition) is 1. The summed E-state index contributed by atoms with van der Waals surface area (Å²) < 4.78 is 7.65. The lowest BCUT2D eigenvalue weighted by Crippen LogP contribution is -2.43. The number of aryl methyl sites for hydroxylation is 2. The first kappa shape index (κ1) is 14.5. The van der Waals surface area contributed by atoms with Gasteiger partial charge in [-0.15, -0.1) is 0 Å². The third-order valence-corrected chi connectivity index (χ3v) is 4.35. The molecule has 1 fully saturated rings. The van der Waals surface area contributed by atoms with Crippen molar-refractivity contribution in [3.05, 3.63) is 17.5 Å². The zero-order valence-electron chi connectivity index (χ0n) is 12.4. The second-order valence-corrected chi connectivity index (χ2v) is 5.87. The van der Waals surface area contributed by atoms with Crippen LogP contribution in [-0.4, -0.2) is 29.0 Å². The molecule has 0 amide bonds. The van der Waals surface area contributed by atoms with E-state index in [0.29, 0.717) is 5.92 Å². The van der Waals surface area contributed by atoms with Crippen LogP contribution in [0.25, 0.3) is 0 Å². The van der Waals surface area contributed by atoms with Gasteiger partial charge in [-0.2, -0.15) is 5.10 Å². The number of nitrogens with two attached hydrogens (primary N) is 1.